The number of ether oxygens (including phenoxy) is 2. The highest BCUT2D eigenvalue weighted by atomic mass is 35.5. The lowest BCUT2D eigenvalue weighted by atomic mass is 10.0. The van der Waals surface area contributed by atoms with Crippen molar-refractivity contribution >= 4 is 70.0 Å². The molecule has 0 radical (unpaired) electrons. The van der Waals surface area contributed by atoms with Gasteiger partial charge in [0.2, 0.25) is 0 Å². The van der Waals surface area contributed by atoms with Crippen molar-refractivity contribution in [3.63, 3.8) is 0 Å². The fourth-order valence-corrected chi connectivity index (χ4v) is 5.04. The van der Waals surface area contributed by atoms with Crippen LogP contribution in [0, 0.1) is 0 Å². The standard InChI is InChI=1S/C30H25Cl4N3O6/c1-5-40-29(38)24-23(42-35-26(24)19-10-8-17(31)13-21(19)33)12-7-16(15-37(3)4)28-25(30(39)41-6-2)27(36-43-28)20-11-9-18(32)14-22(20)34/h7-15H,5-6H2,1-4H3. The normalized spacial score (nSPS) is 11.7. The molecule has 0 aliphatic carbocycles. The topological polar surface area (TPSA) is 108 Å². The van der Waals surface area contributed by atoms with Crippen LogP contribution >= 0.6 is 46.4 Å². The molecule has 0 unspecified atom stereocenters. The fourth-order valence-electron chi connectivity index (χ4n) is 4.05. The van der Waals surface area contributed by atoms with Crippen molar-refractivity contribution in [2.75, 3.05) is 27.3 Å². The first-order chi connectivity index (χ1) is 20.5. The lowest BCUT2D eigenvalue weighted by Crippen LogP contribution is -2.09. The van der Waals surface area contributed by atoms with Gasteiger partial charge in [-0.05, 0) is 62.4 Å². The Morgan fingerprint density at radius 3 is 1.84 bits per heavy atom. The van der Waals surface area contributed by atoms with Crippen molar-refractivity contribution in [1.29, 1.82) is 0 Å². The zero-order valence-electron chi connectivity index (χ0n) is 23.4. The summed E-state index contributed by atoms with van der Waals surface area (Å²) in [5.41, 5.74) is 1.65. The summed E-state index contributed by atoms with van der Waals surface area (Å²) < 4.78 is 21.9. The Balaban J connectivity index is 1.87. The molecule has 0 saturated carbocycles. The number of hydrogen-bond donors (Lipinski definition) is 0. The average Bonchev–Trinajstić information content (AvgIpc) is 3.56. The van der Waals surface area contributed by atoms with Gasteiger partial charge in [-0.15, -0.1) is 0 Å². The van der Waals surface area contributed by atoms with Gasteiger partial charge in [-0.25, -0.2) is 9.59 Å². The summed E-state index contributed by atoms with van der Waals surface area (Å²) in [6, 6.07) is 9.55. The molecule has 2 aromatic heterocycles. The van der Waals surface area contributed by atoms with Crippen LogP contribution in [-0.2, 0) is 9.47 Å². The smallest absolute Gasteiger partial charge is 0.344 e. The second-order valence-corrected chi connectivity index (χ2v) is 10.8. The molecule has 0 atom stereocenters. The Morgan fingerprint density at radius 2 is 1.33 bits per heavy atom. The van der Waals surface area contributed by atoms with Crippen LogP contribution < -0.4 is 0 Å². The van der Waals surface area contributed by atoms with Crippen molar-refractivity contribution in [2.24, 2.45) is 0 Å². The summed E-state index contributed by atoms with van der Waals surface area (Å²) in [4.78, 5) is 28.0. The Hall–Kier alpha value is -3.76. The molecule has 0 aliphatic rings. The van der Waals surface area contributed by atoms with Crippen molar-refractivity contribution < 1.29 is 28.1 Å². The van der Waals surface area contributed by atoms with E-state index in [1.54, 1.807) is 69.4 Å². The fraction of sp³-hybridized carbons (Fsp3) is 0.200. The highest BCUT2D eigenvalue weighted by molar-refractivity contribution is 6.37. The van der Waals surface area contributed by atoms with E-state index in [1.807, 2.05) is 0 Å². The molecule has 0 aliphatic heterocycles. The number of carbonyl (C=O) groups excluding carboxylic acids is 2. The molecular weight excluding hydrogens is 640 g/mol. The highest BCUT2D eigenvalue weighted by Gasteiger charge is 2.29. The molecule has 0 saturated heterocycles. The van der Waals surface area contributed by atoms with E-state index in [4.69, 9.17) is 64.9 Å². The van der Waals surface area contributed by atoms with Crippen LogP contribution in [0.2, 0.25) is 20.1 Å². The molecule has 2 aromatic carbocycles. The molecule has 13 heteroatoms. The van der Waals surface area contributed by atoms with E-state index in [-0.39, 0.29) is 57.3 Å². The first-order valence-electron chi connectivity index (χ1n) is 12.9. The minimum atomic E-state index is -0.677. The minimum absolute atomic E-state index is 0.0423. The van der Waals surface area contributed by atoms with E-state index < -0.39 is 11.9 Å². The van der Waals surface area contributed by atoms with Gasteiger partial charge < -0.3 is 23.4 Å². The van der Waals surface area contributed by atoms with Gasteiger partial charge in [0, 0.05) is 47.0 Å². The summed E-state index contributed by atoms with van der Waals surface area (Å²) in [6.45, 7) is 3.58. The molecule has 4 rings (SSSR count). The van der Waals surface area contributed by atoms with Crippen molar-refractivity contribution in [2.45, 2.75) is 13.8 Å². The first kappa shape index (κ1) is 32.2. The van der Waals surface area contributed by atoms with Gasteiger partial charge in [0.15, 0.2) is 11.5 Å². The highest BCUT2D eigenvalue weighted by Crippen LogP contribution is 2.37. The molecule has 0 N–H and O–H groups in total. The monoisotopic (exact) mass is 663 g/mol. The van der Waals surface area contributed by atoms with E-state index in [1.165, 1.54) is 18.2 Å². The lowest BCUT2D eigenvalue weighted by Gasteiger charge is -2.09. The number of nitrogens with zero attached hydrogens (tertiary/aromatic N) is 3. The van der Waals surface area contributed by atoms with Crippen LogP contribution in [0.3, 0.4) is 0 Å². The third-order valence-electron chi connectivity index (χ3n) is 5.82. The molecular formula is C30H25Cl4N3O6. The molecule has 0 fully saturated rings. The third-order valence-corrected chi connectivity index (χ3v) is 6.91. The van der Waals surface area contributed by atoms with Gasteiger partial charge in [-0.1, -0.05) is 56.7 Å². The molecule has 2 heterocycles. The quantitative estimate of drug-likeness (QED) is 0.122. The maximum atomic E-state index is 13.2. The predicted molar refractivity (Wildman–Crippen MR) is 167 cm³/mol. The summed E-state index contributed by atoms with van der Waals surface area (Å²) in [6.07, 6.45) is 4.76. The number of carbonyl (C=O) groups is 2. The van der Waals surface area contributed by atoms with Gasteiger partial charge in [-0.2, -0.15) is 0 Å². The second kappa shape index (κ2) is 14.1. The van der Waals surface area contributed by atoms with Crippen LogP contribution in [-0.4, -0.2) is 54.5 Å². The maximum Gasteiger partial charge on any atom is 0.344 e. The van der Waals surface area contributed by atoms with Gasteiger partial charge in [-0.3, -0.25) is 0 Å². The largest absolute Gasteiger partial charge is 0.462 e. The van der Waals surface area contributed by atoms with E-state index in [9.17, 15) is 9.59 Å². The van der Waals surface area contributed by atoms with Crippen molar-refractivity contribution in [3.05, 3.63) is 91.4 Å². The minimum Gasteiger partial charge on any atom is -0.462 e. The lowest BCUT2D eigenvalue weighted by molar-refractivity contribution is 0.0516. The number of hydrogen-bond acceptors (Lipinski definition) is 9. The van der Waals surface area contributed by atoms with Crippen LogP contribution in [0.1, 0.15) is 46.1 Å². The molecule has 43 heavy (non-hydrogen) atoms. The average molecular weight is 665 g/mol. The molecule has 9 nitrogen and oxygen atoms in total. The number of aromatic nitrogens is 2. The Bertz CT molecular complexity index is 1720. The van der Waals surface area contributed by atoms with Gasteiger partial charge in [0.1, 0.15) is 22.5 Å². The molecule has 224 valence electrons. The van der Waals surface area contributed by atoms with E-state index in [0.717, 1.165) is 0 Å². The van der Waals surface area contributed by atoms with E-state index in [0.29, 0.717) is 26.7 Å². The number of halogens is 4. The zero-order valence-corrected chi connectivity index (χ0v) is 26.4. The van der Waals surface area contributed by atoms with Crippen LogP contribution in [0.15, 0.2) is 57.7 Å². The van der Waals surface area contributed by atoms with Crippen LogP contribution in [0.4, 0.5) is 0 Å². The summed E-state index contributed by atoms with van der Waals surface area (Å²) in [7, 11) is 3.56. The first-order valence-corrected chi connectivity index (χ1v) is 14.4. The Kier molecular flexibility index (Phi) is 10.6. The molecule has 4 aromatic rings. The second-order valence-electron chi connectivity index (χ2n) is 9.08. The van der Waals surface area contributed by atoms with Crippen molar-refractivity contribution in [1.82, 2.24) is 15.2 Å². The van der Waals surface area contributed by atoms with Gasteiger partial charge in [0.25, 0.3) is 0 Å². The zero-order chi connectivity index (χ0) is 31.3. The Morgan fingerprint density at radius 1 is 0.814 bits per heavy atom. The van der Waals surface area contributed by atoms with Gasteiger partial charge in [0.05, 0.1) is 23.3 Å². The SMILES string of the molecule is CCOC(=O)c1c(-c2ccc(Cl)cc2Cl)noc1C=CC(=CN(C)C)c1onc(-c2ccc(Cl)cc2Cl)c1C(=O)OCC. The predicted octanol–water partition coefficient (Wildman–Crippen LogP) is 8.58. The summed E-state index contributed by atoms with van der Waals surface area (Å²) >= 11 is 25.0. The van der Waals surface area contributed by atoms with Crippen LogP contribution in [0.25, 0.3) is 34.2 Å². The van der Waals surface area contributed by atoms with Crippen LogP contribution in [0.5, 0.6) is 0 Å². The van der Waals surface area contributed by atoms with E-state index in [2.05, 4.69) is 10.3 Å². The third kappa shape index (κ3) is 7.25. The number of rotatable bonds is 10. The molecule has 0 bridgehead atoms. The summed E-state index contributed by atoms with van der Waals surface area (Å²) in [5, 5.41) is 9.62. The number of allylic oxidation sites excluding steroid dienone is 2. The van der Waals surface area contributed by atoms with E-state index >= 15 is 0 Å². The summed E-state index contributed by atoms with van der Waals surface area (Å²) in [5.74, 6) is -1.19. The number of esters is 2. The maximum absolute atomic E-state index is 13.2. The van der Waals surface area contributed by atoms with Crippen molar-refractivity contribution in [3.8, 4) is 22.5 Å². The molecule has 0 spiro atoms. The van der Waals surface area contributed by atoms with Gasteiger partial charge >= 0.3 is 11.9 Å². The Labute approximate surface area is 267 Å². The number of benzene rings is 2. The molecule has 0 amide bonds.